The van der Waals surface area contributed by atoms with Gasteiger partial charge in [-0.1, -0.05) is 32.4 Å². The van der Waals surface area contributed by atoms with E-state index >= 15 is 0 Å². The smallest absolute Gasteiger partial charge is 0.184 e. The van der Waals surface area contributed by atoms with E-state index in [2.05, 4.69) is 37.7 Å². The predicted octanol–water partition coefficient (Wildman–Crippen LogP) is 5.01. The first kappa shape index (κ1) is 21.2. The second kappa shape index (κ2) is 10.9. The van der Waals surface area contributed by atoms with Crippen LogP contribution in [-0.4, -0.2) is 49.8 Å². The first-order valence-corrected chi connectivity index (χ1v) is 10.3. The highest BCUT2D eigenvalue weighted by atomic mass is 35.5. The van der Waals surface area contributed by atoms with Crippen molar-refractivity contribution in [3.05, 3.63) is 33.6 Å². The van der Waals surface area contributed by atoms with Gasteiger partial charge in [-0.3, -0.25) is 0 Å². The van der Waals surface area contributed by atoms with Gasteiger partial charge in [-0.2, -0.15) is 0 Å². The second-order valence-corrected chi connectivity index (χ2v) is 8.38. The van der Waals surface area contributed by atoms with Gasteiger partial charge in [0.15, 0.2) is 4.47 Å². The van der Waals surface area contributed by atoms with Gasteiger partial charge in [0, 0.05) is 17.0 Å². The van der Waals surface area contributed by atoms with Gasteiger partial charge in [0.25, 0.3) is 0 Å². The van der Waals surface area contributed by atoms with Crippen molar-refractivity contribution in [1.29, 1.82) is 0 Å². The lowest BCUT2D eigenvalue weighted by Crippen LogP contribution is -2.23. The molecule has 0 saturated heterocycles. The molecule has 144 valence electrons. The maximum Gasteiger partial charge on any atom is 0.184 e. The standard InChI is InChI=1S/C20H29ClN2O2S/c1-5-23(4)10-11-24-12-13-25-17-8-6-16(7-9-17)19-18(14-15(2)3)26-20(21)22-19/h6-9,15H,5,10-14H2,1-4H3. The number of nitrogens with zero attached hydrogens (tertiary/aromatic N) is 2. The monoisotopic (exact) mass is 396 g/mol. The number of likely N-dealkylation sites (N-methyl/N-ethyl adjacent to an activating group) is 1. The lowest BCUT2D eigenvalue weighted by atomic mass is 10.0. The molecule has 26 heavy (non-hydrogen) atoms. The summed E-state index contributed by atoms with van der Waals surface area (Å²) in [5.74, 6) is 1.42. The van der Waals surface area contributed by atoms with Gasteiger partial charge in [0.1, 0.15) is 12.4 Å². The lowest BCUT2D eigenvalue weighted by molar-refractivity contribution is 0.0858. The number of halogens is 1. The van der Waals surface area contributed by atoms with E-state index in [-0.39, 0.29) is 0 Å². The topological polar surface area (TPSA) is 34.6 Å². The van der Waals surface area contributed by atoms with Gasteiger partial charge in [-0.25, -0.2) is 4.98 Å². The molecule has 0 aliphatic rings. The third-order valence-electron chi connectivity index (χ3n) is 4.05. The van der Waals surface area contributed by atoms with Crippen molar-refractivity contribution in [2.45, 2.75) is 27.2 Å². The number of benzene rings is 1. The Kier molecular flexibility index (Phi) is 8.85. The van der Waals surface area contributed by atoms with Crippen LogP contribution in [-0.2, 0) is 11.2 Å². The molecule has 1 heterocycles. The molecule has 1 aromatic carbocycles. The minimum Gasteiger partial charge on any atom is -0.491 e. The fraction of sp³-hybridized carbons (Fsp3) is 0.550. The van der Waals surface area contributed by atoms with E-state index in [0.717, 1.165) is 43.1 Å². The van der Waals surface area contributed by atoms with E-state index in [1.54, 1.807) is 11.3 Å². The first-order valence-electron chi connectivity index (χ1n) is 9.14. The summed E-state index contributed by atoms with van der Waals surface area (Å²) in [5.41, 5.74) is 2.07. The average Bonchev–Trinajstić information content (AvgIpc) is 2.97. The summed E-state index contributed by atoms with van der Waals surface area (Å²) in [6.07, 6.45) is 0.989. The molecule has 0 radical (unpaired) electrons. The van der Waals surface area contributed by atoms with Crippen LogP contribution in [0.3, 0.4) is 0 Å². The fourth-order valence-electron chi connectivity index (χ4n) is 2.47. The second-order valence-electron chi connectivity index (χ2n) is 6.72. The van der Waals surface area contributed by atoms with Gasteiger partial charge in [0.05, 0.1) is 18.9 Å². The Hall–Kier alpha value is -1.14. The maximum atomic E-state index is 6.13. The minimum atomic E-state index is 0.552. The van der Waals surface area contributed by atoms with Crippen molar-refractivity contribution >= 4 is 22.9 Å². The molecular formula is C20H29ClN2O2S. The molecule has 0 saturated carbocycles. The Balaban J connectivity index is 1.83. The fourth-order valence-corrected chi connectivity index (χ4v) is 3.85. The van der Waals surface area contributed by atoms with Crippen LogP contribution in [0.1, 0.15) is 25.6 Å². The quantitative estimate of drug-likeness (QED) is 0.500. The third kappa shape index (κ3) is 6.88. The highest BCUT2D eigenvalue weighted by molar-refractivity contribution is 7.16. The molecule has 0 aliphatic heterocycles. The molecule has 0 amide bonds. The normalized spacial score (nSPS) is 11.5. The van der Waals surface area contributed by atoms with E-state index in [4.69, 9.17) is 21.1 Å². The predicted molar refractivity (Wildman–Crippen MR) is 111 cm³/mol. The van der Waals surface area contributed by atoms with Gasteiger partial charge in [-0.15, -0.1) is 11.3 Å². The highest BCUT2D eigenvalue weighted by Crippen LogP contribution is 2.33. The number of rotatable bonds is 11. The number of thiazole rings is 1. The summed E-state index contributed by atoms with van der Waals surface area (Å²) < 4.78 is 11.9. The van der Waals surface area contributed by atoms with Crippen LogP contribution in [0.15, 0.2) is 24.3 Å². The van der Waals surface area contributed by atoms with Crippen molar-refractivity contribution in [3.8, 4) is 17.0 Å². The summed E-state index contributed by atoms with van der Waals surface area (Å²) >= 11 is 7.70. The van der Waals surface area contributed by atoms with Gasteiger partial charge in [-0.05, 0) is 50.2 Å². The Morgan fingerprint density at radius 1 is 1.15 bits per heavy atom. The summed E-state index contributed by atoms with van der Waals surface area (Å²) in [7, 11) is 2.09. The SMILES string of the molecule is CCN(C)CCOCCOc1ccc(-c2nc(Cl)sc2CC(C)C)cc1. The molecule has 0 unspecified atom stereocenters. The van der Waals surface area contributed by atoms with Gasteiger partial charge in [0.2, 0.25) is 0 Å². The van der Waals surface area contributed by atoms with Crippen molar-refractivity contribution in [3.63, 3.8) is 0 Å². The number of aromatic nitrogens is 1. The zero-order chi connectivity index (χ0) is 18.9. The Morgan fingerprint density at radius 2 is 1.88 bits per heavy atom. The third-order valence-corrected chi connectivity index (χ3v) is 5.23. The molecule has 2 rings (SSSR count). The number of ether oxygens (including phenoxy) is 2. The van der Waals surface area contributed by atoms with Crippen molar-refractivity contribution in [2.24, 2.45) is 5.92 Å². The molecule has 2 aromatic rings. The van der Waals surface area contributed by atoms with E-state index < -0.39 is 0 Å². The average molecular weight is 397 g/mol. The summed E-state index contributed by atoms with van der Waals surface area (Å²) in [6, 6.07) is 8.04. The highest BCUT2D eigenvalue weighted by Gasteiger charge is 2.13. The van der Waals surface area contributed by atoms with E-state index in [1.165, 1.54) is 4.88 Å². The van der Waals surface area contributed by atoms with Crippen LogP contribution in [0.2, 0.25) is 4.47 Å². The van der Waals surface area contributed by atoms with Crippen molar-refractivity contribution < 1.29 is 9.47 Å². The van der Waals surface area contributed by atoms with Crippen LogP contribution in [0.25, 0.3) is 11.3 Å². The Labute approximate surface area is 166 Å². The van der Waals surface area contributed by atoms with E-state index in [1.807, 2.05) is 24.3 Å². The molecule has 0 fully saturated rings. The van der Waals surface area contributed by atoms with E-state index in [0.29, 0.717) is 23.6 Å². The maximum absolute atomic E-state index is 6.13. The van der Waals surface area contributed by atoms with Crippen LogP contribution in [0.5, 0.6) is 5.75 Å². The molecule has 4 nitrogen and oxygen atoms in total. The van der Waals surface area contributed by atoms with Gasteiger partial charge >= 0.3 is 0 Å². The zero-order valence-electron chi connectivity index (χ0n) is 16.1. The Bertz CT molecular complexity index is 658. The van der Waals surface area contributed by atoms with E-state index in [9.17, 15) is 0 Å². The molecule has 6 heteroatoms. The largest absolute Gasteiger partial charge is 0.491 e. The van der Waals surface area contributed by atoms with Crippen LogP contribution >= 0.6 is 22.9 Å². The molecule has 0 bridgehead atoms. The molecule has 0 atom stereocenters. The van der Waals surface area contributed by atoms with Crippen LogP contribution in [0.4, 0.5) is 0 Å². The summed E-state index contributed by atoms with van der Waals surface area (Å²) in [5, 5.41) is 0. The first-order chi connectivity index (χ1) is 12.5. The summed E-state index contributed by atoms with van der Waals surface area (Å²) in [6.45, 7) is 10.4. The summed E-state index contributed by atoms with van der Waals surface area (Å²) in [4.78, 5) is 7.96. The number of hydrogen-bond acceptors (Lipinski definition) is 5. The van der Waals surface area contributed by atoms with Crippen LogP contribution in [0, 0.1) is 5.92 Å². The lowest BCUT2D eigenvalue weighted by Gasteiger charge is -2.13. The van der Waals surface area contributed by atoms with Gasteiger partial charge < -0.3 is 14.4 Å². The molecule has 1 aromatic heterocycles. The Morgan fingerprint density at radius 3 is 2.54 bits per heavy atom. The molecular weight excluding hydrogens is 368 g/mol. The zero-order valence-corrected chi connectivity index (χ0v) is 17.7. The van der Waals surface area contributed by atoms with Crippen molar-refractivity contribution in [2.75, 3.05) is 40.0 Å². The van der Waals surface area contributed by atoms with Crippen molar-refractivity contribution in [1.82, 2.24) is 9.88 Å². The van der Waals surface area contributed by atoms with Crippen LogP contribution < -0.4 is 4.74 Å². The molecule has 0 spiro atoms. The molecule has 0 aliphatic carbocycles. The minimum absolute atomic E-state index is 0.552. The molecule has 0 N–H and O–H groups in total. The number of hydrogen-bond donors (Lipinski definition) is 0.